The quantitative estimate of drug-likeness (QED) is 0.716. The number of hydrogen-bond donors (Lipinski definition) is 2. The molecule has 1 saturated carbocycles. The fraction of sp³-hybridized carbons (Fsp3) is 0.650. The van der Waals surface area contributed by atoms with Gasteiger partial charge in [0, 0.05) is 37.9 Å². The summed E-state index contributed by atoms with van der Waals surface area (Å²) in [4.78, 5) is 13.9. The van der Waals surface area contributed by atoms with Crippen molar-refractivity contribution in [2.45, 2.75) is 44.9 Å². The van der Waals surface area contributed by atoms with Gasteiger partial charge in [-0.3, -0.25) is 0 Å². The molecule has 2 aliphatic rings. The molecule has 2 amide bonds. The van der Waals surface area contributed by atoms with E-state index in [0.29, 0.717) is 18.2 Å². The summed E-state index contributed by atoms with van der Waals surface area (Å²) in [5.74, 6) is -0.454. The van der Waals surface area contributed by atoms with Crippen molar-refractivity contribution in [1.82, 2.24) is 10.6 Å². The molecular formula is C20H29F2N3O. The lowest BCUT2D eigenvalue weighted by molar-refractivity contribution is 0.239. The molecule has 1 aromatic carbocycles. The summed E-state index contributed by atoms with van der Waals surface area (Å²) >= 11 is 0. The maximum Gasteiger partial charge on any atom is 0.314 e. The molecule has 1 atom stereocenters. The van der Waals surface area contributed by atoms with E-state index in [1.54, 1.807) is 6.07 Å². The maximum absolute atomic E-state index is 13.4. The minimum Gasteiger partial charge on any atom is -0.371 e. The lowest BCUT2D eigenvalue weighted by atomic mass is 10.0. The van der Waals surface area contributed by atoms with Gasteiger partial charge in [-0.15, -0.1) is 0 Å². The van der Waals surface area contributed by atoms with Crippen LogP contribution in [0.2, 0.25) is 0 Å². The second-order valence-electron chi connectivity index (χ2n) is 7.63. The van der Waals surface area contributed by atoms with Crippen LogP contribution >= 0.6 is 0 Å². The second kappa shape index (κ2) is 9.19. The number of carbonyl (C=O) groups is 1. The largest absolute Gasteiger partial charge is 0.371 e. The third-order valence-electron chi connectivity index (χ3n) is 5.65. The zero-order valence-electron chi connectivity index (χ0n) is 15.3. The van der Waals surface area contributed by atoms with Crippen molar-refractivity contribution in [3.8, 4) is 0 Å². The molecule has 6 heteroatoms. The van der Waals surface area contributed by atoms with E-state index >= 15 is 0 Å². The molecule has 1 aromatic rings. The highest BCUT2D eigenvalue weighted by molar-refractivity contribution is 5.73. The molecule has 1 aliphatic carbocycles. The standard InChI is InChI=1S/C20H29F2N3O/c21-18-8-7-17(12-19(18)22)25-11-9-16(14-25)13-24-20(26)23-10-3-6-15-4-1-2-5-15/h7-8,12,15-16H,1-6,9-11,13-14H2,(H2,23,24,26). The monoisotopic (exact) mass is 365 g/mol. The van der Waals surface area contributed by atoms with Crippen molar-refractivity contribution in [2.24, 2.45) is 11.8 Å². The Balaban J connectivity index is 1.31. The first kappa shape index (κ1) is 18.9. The second-order valence-corrected chi connectivity index (χ2v) is 7.63. The first-order valence-corrected chi connectivity index (χ1v) is 9.83. The Morgan fingerprint density at radius 3 is 2.65 bits per heavy atom. The summed E-state index contributed by atoms with van der Waals surface area (Å²) in [7, 11) is 0. The summed E-state index contributed by atoms with van der Waals surface area (Å²) in [6.07, 6.45) is 8.62. The minimum absolute atomic E-state index is 0.109. The van der Waals surface area contributed by atoms with Crippen LogP contribution in [0.1, 0.15) is 44.9 Å². The number of urea groups is 1. The van der Waals surface area contributed by atoms with Gasteiger partial charge in [-0.05, 0) is 43.2 Å². The van der Waals surface area contributed by atoms with Crippen molar-refractivity contribution < 1.29 is 13.6 Å². The first-order chi connectivity index (χ1) is 12.6. The maximum atomic E-state index is 13.4. The van der Waals surface area contributed by atoms with Crippen molar-refractivity contribution >= 4 is 11.7 Å². The van der Waals surface area contributed by atoms with Crippen LogP contribution in [0, 0.1) is 23.5 Å². The summed E-state index contributed by atoms with van der Waals surface area (Å²) < 4.78 is 26.4. The van der Waals surface area contributed by atoms with E-state index < -0.39 is 11.6 Å². The average molecular weight is 365 g/mol. The highest BCUT2D eigenvalue weighted by atomic mass is 19.2. The molecule has 0 spiro atoms. The lowest BCUT2D eigenvalue weighted by Crippen LogP contribution is -2.39. The SMILES string of the molecule is O=C(NCCCC1CCCC1)NCC1CCN(c2ccc(F)c(F)c2)C1. The Hall–Kier alpha value is -1.85. The number of carbonyl (C=O) groups excluding carboxylic acids is 1. The summed E-state index contributed by atoms with van der Waals surface area (Å²) in [5.41, 5.74) is 0.697. The minimum atomic E-state index is -0.823. The highest BCUT2D eigenvalue weighted by Crippen LogP contribution is 2.28. The molecule has 0 aromatic heterocycles. The molecule has 1 saturated heterocycles. The molecule has 3 rings (SSSR count). The Morgan fingerprint density at radius 1 is 1.08 bits per heavy atom. The van der Waals surface area contributed by atoms with Crippen LogP contribution in [0.4, 0.5) is 19.3 Å². The number of rotatable bonds is 7. The van der Waals surface area contributed by atoms with E-state index in [1.807, 2.05) is 4.90 Å². The van der Waals surface area contributed by atoms with Gasteiger partial charge in [-0.2, -0.15) is 0 Å². The molecule has 1 aliphatic heterocycles. The van der Waals surface area contributed by atoms with E-state index in [4.69, 9.17) is 0 Å². The first-order valence-electron chi connectivity index (χ1n) is 9.83. The Labute approximate surface area is 154 Å². The number of nitrogens with zero attached hydrogens (tertiary/aromatic N) is 1. The zero-order chi connectivity index (χ0) is 18.4. The van der Waals surface area contributed by atoms with Crippen LogP contribution in [0.5, 0.6) is 0 Å². The Kier molecular flexibility index (Phi) is 6.69. The van der Waals surface area contributed by atoms with Gasteiger partial charge in [0.15, 0.2) is 11.6 Å². The molecular weight excluding hydrogens is 336 g/mol. The van der Waals surface area contributed by atoms with Crippen molar-refractivity contribution in [1.29, 1.82) is 0 Å². The normalized spacial score (nSPS) is 20.5. The summed E-state index contributed by atoms with van der Waals surface area (Å²) in [5, 5.41) is 5.87. The van der Waals surface area contributed by atoms with Gasteiger partial charge in [-0.25, -0.2) is 13.6 Å². The Bertz CT molecular complexity index is 605. The average Bonchev–Trinajstić information content (AvgIpc) is 3.31. The van der Waals surface area contributed by atoms with Crippen LogP contribution in [0.15, 0.2) is 18.2 Å². The van der Waals surface area contributed by atoms with Crippen molar-refractivity contribution in [2.75, 3.05) is 31.1 Å². The molecule has 4 nitrogen and oxygen atoms in total. The van der Waals surface area contributed by atoms with E-state index in [2.05, 4.69) is 10.6 Å². The predicted molar refractivity (Wildman–Crippen MR) is 99.3 cm³/mol. The van der Waals surface area contributed by atoms with Crippen molar-refractivity contribution in [3.05, 3.63) is 29.8 Å². The van der Waals surface area contributed by atoms with E-state index in [0.717, 1.165) is 44.5 Å². The number of anilines is 1. The molecule has 2 N–H and O–H groups in total. The third-order valence-corrected chi connectivity index (χ3v) is 5.65. The molecule has 144 valence electrons. The van der Waals surface area contributed by atoms with E-state index in [-0.39, 0.29) is 6.03 Å². The smallest absolute Gasteiger partial charge is 0.314 e. The molecule has 0 bridgehead atoms. The molecule has 1 heterocycles. The van der Waals surface area contributed by atoms with Crippen LogP contribution in [0.3, 0.4) is 0 Å². The number of benzene rings is 1. The summed E-state index contributed by atoms with van der Waals surface area (Å²) in [6, 6.07) is 3.89. The molecule has 2 fully saturated rings. The number of halogens is 2. The van der Waals surface area contributed by atoms with Crippen molar-refractivity contribution in [3.63, 3.8) is 0 Å². The van der Waals surface area contributed by atoms with E-state index in [1.165, 1.54) is 38.2 Å². The predicted octanol–water partition coefficient (Wildman–Crippen LogP) is 4.06. The van der Waals surface area contributed by atoms with Crippen LogP contribution in [0.25, 0.3) is 0 Å². The summed E-state index contributed by atoms with van der Waals surface area (Å²) in [6.45, 7) is 2.87. The van der Waals surface area contributed by atoms with Gasteiger partial charge in [0.1, 0.15) is 0 Å². The van der Waals surface area contributed by atoms with Crippen LogP contribution in [-0.2, 0) is 0 Å². The van der Waals surface area contributed by atoms with Gasteiger partial charge >= 0.3 is 6.03 Å². The van der Waals surface area contributed by atoms with Crippen LogP contribution < -0.4 is 15.5 Å². The fourth-order valence-electron chi connectivity index (χ4n) is 4.11. The molecule has 1 unspecified atom stereocenters. The third kappa shape index (κ3) is 5.32. The molecule has 26 heavy (non-hydrogen) atoms. The van der Waals surface area contributed by atoms with Gasteiger partial charge in [-0.1, -0.05) is 25.7 Å². The topological polar surface area (TPSA) is 44.4 Å². The van der Waals surface area contributed by atoms with Gasteiger partial charge in [0.25, 0.3) is 0 Å². The molecule has 0 radical (unpaired) electrons. The zero-order valence-corrected chi connectivity index (χ0v) is 15.3. The number of nitrogens with one attached hydrogen (secondary N) is 2. The number of amides is 2. The van der Waals surface area contributed by atoms with E-state index in [9.17, 15) is 13.6 Å². The number of hydrogen-bond acceptors (Lipinski definition) is 2. The van der Waals surface area contributed by atoms with Crippen LogP contribution in [-0.4, -0.2) is 32.2 Å². The highest BCUT2D eigenvalue weighted by Gasteiger charge is 2.23. The van der Waals surface area contributed by atoms with Gasteiger partial charge in [0.05, 0.1) is 0 Å². The fourth-order valence-corrected chi connectivity index (χ4v) is 4.11. The lowest BCUT2D eigenvalue weighted by Gasteiger charge is -2.19. The van der Waals surface area contributed by atoms with Gasteiger partial charge in [0.2, 0.25) is 0 Å². The van der Waals surface area contributed by atoms with Gasteiger partial charge < -0.3 is 15.5 Å². The Morgan fingerprint density at radius 2 is 1.88 bits per heavy atom.